The number of fused-ring (bicyclic) bond motifs is 1. The molecule has 3 N–H and O–H groups in total. The van der Waals surface area contributed by atoms with Crippen LogP contribution in [0.4, 0.5) is 4.39 Å². The third kappa shape index (κ3) is 3.98. The summed E-state index contributed by atoms with van der Waals surface area (Å²) in [4.78, 5) is 32.8. The van der Waals surface area contributed by atoms with Crippen molar-refractivity contribution in [1.29, 1.82) is 0 Å². The average molecular weight is 460 g/mol. The third-order valence-corrected chi connectivity index (χ3v) is 5.65. The number of nitrogens with one attached hydrogen (secondary N) is 1. The molecule has 0 fully saturated rings. The van der Waals surface area contributed by atoms with Crippen LogP contribution in [0, 0.1) is 5.82 Å². The minimum absolute atomic E-state index is 0.0141. The molecule has 4 rings (SSSR count). The van der Waals surface area contributed by atoms with Crippen LogP contribution in [0.5, 0.6) is 0 Å². The van der Waals surface area contributed by atoms with Crippen LogP contribution in [0.3, 0.4) is 0 Å². The summed E-state index contributed by atoms with van der Waals surface area (Å²) >= 11 is 0. The van der Waals surface area contributed by atoms with Crippen LogP contribution in [-0.4, -0.2) is 26.4 Å². The standard InChI is InChI=1S/C26H26FN5O2/c1-15(2)29-12-17(11-28)24-23(27)22-20(14-32(4)26(34)25(22)30-24)18-10-21(33)31(3)13-19(18)16-8-6-5-7-9-16/h5-15,30H,28H2,1-4H3/b17-11+,29-12?. The van der Waals surface area contributed by atoms with E-state index in [0.29, 0.717) is 16.7 Å². The Labute approximate surface area is 195 Å². The lowest BCUT2D eigenvalue weighted by molar-refractivity contribution is 0.636. The van der Waals surface area contributed by atoms with Crippen LogP contribution in [-0.2, 0) is 14.1 Å². The number of rotatable bonds is 5. The van der Waals surface area contributed by atoms with E-state index < -0.39 is 11.4 Å². The molecule has 3 aromatic heterocycles. The van der Waals surface area contributed by atoms with Crippen molar-refractivity contribution >= 4 is 22.7 Å². The molecule has 0 spiro atoms. The number of nitrogens with zero attached hydrogens (tertiary/aromatic N) is 3. The van der Waals surface area contributed by atoms with Gasteiger partial charge < -0.3 is 19.9 Å². The molecule has 0 aliphatic carbocycles. The number of hydrogen-bond donors (Lipinski definition) is 2. The summed E-state index contributed by atoms with van der Waals surface area (Å²) in [6, 6.07) is 11.0. The fourth-order valence-corrected chi connectivity index (χ4v) is 3.91. The van der Waals surface area contributed by atoms with Crippen molar-refractivity contribution in [3.63, 3.8) is 0 Å². The highest BCUT2D eigenvalue weighted by molar-refractivity contribution is 6.11. The Bertz CT molecular complexity index is 1560. The van der Waals surface area contributed by atoms with Crippen LogP contribution in [0.2, 0.25) is 0 Å². The van der Waals surface area contributed by atoms with Crippen LogP contribution in [0.25, 0.3) is 38.7 Å². The summed E-state index contributed by atoms with van der Waals surface area (Å²) < 4.78 is 18.8. The maximum Gasteiger partial charge on any atom is 0.274 e. The van der Waals surface area contributed by atoms with Crippen LogP contribution in [0.1, 0.15) is 19.5 Å². The molecule has 8 heteroatoms. The van der Waals surface area contributed by atoms with Crippen LogP contribution < -0.4 is 16.9 Å². The molecule has 4 aromatic rings. The second-order valence-corrected chi connectivity index (χ2v) is 8.43. The molecule has 0 aliphatic rings. The second kappa shape index (κ2) is 8.97. The first kappa shape index (κ1) is 23.0. The first-order valence-corrected chi connectivity index (χ1v) is 10.9. The molecular weight excluding hydrogens is 433 g/mol. The van der Waals surface area contributed by atoms with E-state index in [4.69, 9.17) is 5.73 Å². The topological polar surface area (TPSA) is 98.2 Å². The van der Waals surface area contributed by atoms with E-state index in [0.717, 1.165) is 11.1 Å². The summed E-state index contributed by atoms with van der Waals surface area (Å²) in [7, 11) is 3.25. The third-order valence-electron chi connectivity index (χ3n) is 5.65. The Morgan fingerprint density at radius 3 is 2.38 bits per heavy atom. The van der Waals surface area contributed by atoms with Crippen molar-refractivity contribution in [3.05, 3.63) is 87.2 Å². The van der Waals surface area contributed by atoms with E-state index in [-0.39, 0.29) is 28.2 Å². The van der Waals surface area contributed by atoms with Crippen molar-refractivity contribution in [3.8, 4) is 22.3 Å². The largest absolute Gasteiger partial charge is 0.404 e. The van der Waals surface area contributed by atoms with Gasteiger partial charge in [-0.05, 0) is 25.0 Å². The van der Waals surface area contributed by atoms with Gasteiger partial charge in [0.15, 0.2) is 5.82 Å². The van der Waals surface area contributed by atoms with Gasteiger partial charge in [-0.25, -0.2) is 4.39 Å². The van der Waals surface area contributed by atoms with E-state index in [1.54, 1.807) is 26.5 Å². The Morgan fingerprint density at radius 2 is 1.74 bits per heavy atom. The van der Waals surface area contributed by atoms with Crippen molar-refractivity contribution < 1.29 is 4.39 Å². The number of H-pyrrole nitrogens is 1. The number of pyridine rings is 2. The minimum atomic E-state index is -0.630. The van der Waals surface area contributed by atoms with E-state index in [1.807, 2.05) is 44.2 Å². The number of halogens is 1. The van der Waals surface area contributed by atoms with Gasteiger partial charge in [0.2, 0.25) is 0 Å². The number of nitrogens with two attached hydrogens (primary N) is 1. The lowest BCUT2D eigenvalue weighted by Gasteiger charge is -2.14. The molecule has 34 heavy (non-hydrogen) atoms. The molecule has 0 amide bonds. The highest BCUT2D eigenvalue weighted by Gasteiger charge is 2.23. The predicted molar refractivity (Wildman–Crippen MR) is 135 cm³/mol. The first-order valence-electron chi connectivity index (χ1n) is 10.9. The van der Waals surface area contributed by atoms with Gasteiger partial charge in [-0.1, -0.05) is 30.3 Å². The van der Waals surface area contributed by atoms with Crippen molar-refractivity contribution in [1.82, 2.24) is 14.1 Å². The number of aryl methyl sites for hydroxylation is 2. The van der Waals surface area contributed by atoms with Crippen molar-refractivity contribution in [2.75, 3.05) is 0 Å². The molecular formula is C26H26FN5O2. The number of hydrogen-bond acceptors (Lipinski definition) is 4. The SMILES string of the molecule is CC(C)N=C/C(=C\N)c1[nH]c2c(=O)n(C)cc(-c3cc(=O)n(C)cc3-c3ccccc3)c2c1F. The van der Waals surface area contributed by atoms with Crippen molar-refractivity contribution in [2.45, 2.75) is 19.9 Å². The first-order chi connectivity index (χ1) is 16.2. The van der Waals surface area contributed by atoms with E-state index in [9.17, 15) is 9.59 Å². The Kier molecular flexibility index (Phi) is 6.06. The zero-order chi connectivity index (χ0) is 24.6. The minimum Gasteiger partial charge on any atom is -0.404 e. The van der Waals surface area contributed by atoms with Gasteiger partial charge in [0.1, 0.15) is 5.52 Å². The smallest absolute Gasteiger partial charge is 0.274 e. The predicted octanol–water partition coefficient (Wildman–Crippen LogP) is 3.82. The Morgan fingerprint density at radius 1 is 1.06 bits per heavy atom. The fraction of sp³-hybridized carbons (Fsp3) is 0.192. The van der Waals surface area contributed by atoms with Gasteiger partial charge in [0, 0.05) is 67.7 Å². The zero-order valence-corrected chi connectivity index (χ0v) is 19.5. The van der Waals surface area contributed by atoms with Crippen molar-refractivity contribution in [2.24, 2.45) is 24.8 Å². The van der Waals surface area contributed by atoms with Crippen LogP contribution >= 0.6 is 0 Å². The highest BCUT2D eigenvalue weighted by Crippen LogP contribution is 2.37. The van der Waals surface area contributed by atoms with E-state index >= 15 is 4.39 Å². The highest BCUT2D eigenvalue weighted by atomic mass is 19.1. The lowest BCUT2D eigenvalue weighted by Crippen LogP contribution is -2.18. The van der Waals surface area contributed by atoms with E-state index in [2.05, 4.69) is 9.98 Å². The van der Waals surface area contributed by atoms with E-state index in [1.165, 1.54) is 27.6 Å². The maximum absolute atomic E-state index is 15.9. The number of aromatic nitrogens is 3. The molecule has 174 valence electrons. The summed E-state index contributed by atoms with van der Waals surface area (Å²) in [5.74, 6) is -0.630. The average Bonchev–Trinajstić information content (AvgIpc) is 3.16. The molecule has 0 radical (unpaired) electrons. The molecule has 0 saturated heterocycles. The fourth-order valence-electron chi connectivity index (χ4n) is 3.91. The Hall–Kier alpha value is -4.20. The Balaban J connectivity index is 2.09. The summed E-state index contributed by atoms with van der Waals surface area (Å²) in [5, 5.41) is 0.0980. The lowest BCUT2D eigenvalue weighted by atomic mass is 9.95. The van der Waals surface area contributed by atoms with Gasteiger partial charge in [0.05, 0.1) is 11.1 Å². The quantitative estimate of drug-likeness (QED) is 0.444. The molecule has 0 atom stereocenters. The molecule has 1 aromatic carbocycles. The normalized spacial score (nSPS) is 12.4. The molecule has 0 saturated carbocycles. The van der Waals surface area contributed by atoms with Gasteiger partial charge in [-0.15, -0.1) is 0 Å². The zero-order valence-electron chi connectivity index (χ0n) is 19.5. The number of aromatic amines is 1. The summed E-state index contributed by atoms with van der Waals surface area (Å²) in [6.45, 7) is 3.78. The second-order valence-electron chi connectivity index (χ2n) is 8.43. The molecule has 3 heterocycles. The molecule has 0 aliphatic heterocycles. The monoisotopic (exact) mass is 459 g/mol. The molecule has 0 bridgehead atoms. The van der Waals surface area contributed by atoms with Crippen LogP contribution in [0.15, 0.2) is 69.6 Å². The summed E-state index contributed by atoms with van der Waals surface area (Å²) in [5.41, 5.74) is 8.14. The van der Waals surface area contributed by atoms with Gasteiger partial charge in [0.25, 0.3) is 11.1 Å². The summed E-state index contributed by atoms with van der Waals surface area (Å²) in [6.07, 6.45) is 6.00. The van der Waals surface area contributed by atoms with Gasteiger partial charge >= 0.3 is 0 Å². The molecule has 7 nitrogen and oxygen atoms in total. The van der Waals surface area contributed by atoms with Gasteiger partial charge in [-0.3, -0.25) is 14.6 Å². The number of allylic oxidation sites excluding steroid dienone is 1. The van der Waals surface area contributed by atoms with Gasteiger partial charge in [-0.2, -0.15) is 0 Å². The maximum atomic E-state index is 15.9. The number of benzene rings is 1. The number of aliphatic imine (C=N–C) groups is 1. The molecule has 0 unspecified atom stereocenters.